The zero-order chi connectivity index (χ0) is 17.6. The molecule has 0 radical (unpaired) electrons. The van der Waals surface area contributed by atoms with Gasteiger partial charge in [0.25, 0.3) is 0 Å². The lowest BCUT2D eigenvalue weighted by atomic mass is 10.2. The number of anilines is 1. The molecule has 3 aromatic rings. The summed E-state index contributed by atoms with van der Waals surface area (Å²) in [5, 5.41) is 18.8. The van der Waals surface area contributed by atoms with Gasteiger partial charge in [-0.05, 0) is 48.5 Å². The Morgan fingerprint density at radius 3 is 2.52 bits per heavy atom. The number of aliphatic imine (C=N–C) groups is 1. The van der Waals surface area contributed by atoms with E-state index in [1.807, 2.05) is 24.3 Å². The van der Waals surface area contributed by atoms with Crippen molar-refractivity contribution < 1.29 is 5.11 Å². The van der Waals surface area contributed by atoms with Crippen LogP contribution in [0.5, 0.6) is 5.75 Å². The first-order valence-electron chi connectivity index (χ1n) is 7.51. The van der Waals surface area contributed by atoms with E-state index in [9.17, 15) is 5.11 Å². The SMILES string of the molecule is Nc1cccc(/N=C/c2cc(/N=N\c3ccccc3Cl)ccc2O)c1. The Labute approximate surface area is 150 Å². The van der Waals surface area contributed by atoms with Crippen LogP contribution in [0.1, 0.15) is 5.56 Å². The van der Waals surface area contributed by atoms with E-state index in [1.165, 1.54) is 0 Å². The van der Waals surface area contributed by atoms with Crippen molar-refractivity contribution in [1.82, 2.24) is 0 Å². The molecule has 0 amide bonds. The van der Waals surface area contributed by atoms with Gasteiger partial charge < -0.3 is 10.8 Å². The van der Waals surface area contributed by atoms with Gasteiger partial charge in [-0.15, -0.1) is 5.11 Å². The molecule has 0 fully saturated rings. The third kappa shape index (κ3) is 4.43. The van der Waals surface area contributed by atoms with Gasteiger partial charge in [0, 0.05) is 17.5 Å². The molecule has 0 spiro atoms. The molecule has 0 saturated heterocycles. The standard InChI is InChI=1S/C19H15ClN4O/c20-17-6-1-2-7-18(17)24-23-16-8-9-19(25)13(10-16)12-22-15-5-3-4-14(21)11-15/h1-12,25H,21H2/b22-12+,24-23-. The molecule has 0 saturated carbocycles. The van der Waals surface area contributed by atoms with Crippen LogP contribution in [-0.4, -0.2) is 11.3 Å². The largest absolute Gasteiger partial charge is 0.507 e. The lowest BCUT2D eigenvalue weighted by molar-refractivity contribution is 0.474. The first-order chi connectivity index (χ1) is 12.1. The number of nitrogens with zero attached hydrogens (tertiary/aromatic N) is 3. The van der Waals surface area contributed by atoms with E-state index in [1.54, 1.807) is 48.7 Å². The van der Waals surface area contributed by atoms with E-state index < -0.39 is 0 Å². The highest BCUT2D eigenvalue weighted by Crippen LogP contribution is 2.28. The minimum atomic E-state index is 0.101. The van der Waals surface area contributed by atoms with Crippen LogP contribution in [0.4, 0.5) is 22.7 Å². The molecule has 0 aliphatic carbocycles. The number of halogens is 1. The smallest absolute Gasteiger partial charge is 0.124 e. The van der Waals surface area contributed by atoms with Crippen LogP contribution in [0, 0.1) is 0 Å². The summed E-state index contributed by atoms with van der Waals surface area (Å²) < 4.78 is 0. The summed E-state index contributed by atoms with van der Waals surface area (Å²) in [5.74, 6) is 0.101. The Morgan fingerprint density at radius 2 is 1.72 bits per heavy atom. The van der Waals surface area contributed by atoms with E-state index in [-0.39, 0.29) is 5.75 Å². The van der Waals surface area contributed by atoms with Crippen molar-refractivity contribution in [1.29, 1.82) is 0 Å². The van der Waals surface area contributed by atoms with Gasteiger partial charge in [0.2, 0.25) is 0 Å². The summed E-state index contributed by atoms with van der Waals surface area (Å²) in [7, 11) is 0. The fraction of sp³-hybridized carbons (Fsp3) is 0. The molecule has 0 atom stereocenters. The minimum absolute atomic E-state index is 0.101. The molecule has 0 aliphatic rings. The van der Waals surface area contributed by atoms with Crippen molar-refractivity contribution >= 4 is 40.6 Å². The maximum atomic E-state index is 9.99. The Bertz CT molecular complexity index is 954. The predicted molar refractivity (Wildman–Crippen MR) is 102 cm³/mol. The second-order valence-electron chi connectivity index (χ2n) is 5.25. The van der Waals surface area contributed by atoms with Crippen LogP contribution < -0.4 is 5.73 Å². The van der Waals surface area contributed by atoms with E-state index in [2.05, 4.69) is 15.2 Å². The molecule has 6 heteroatoms. The van der Waals surface area contributed by atoms with Crippen molar-refractivity contribution in [2.45, 2.75) is 0 Å². The normalized spacial score (nSPS) is 11.4. The Morgan fingerprint density at radius 1 is 0.880 bits per heavy atom. The van der Waals surface area contributed by atoms with Crippen LogP contribution in [0.2, 0.25) is 5.02 Å². The number of phenolic OH excluding ortho intramolecular Hbond substituents is 1. The van der Waals surface area contributed by atoms with Crippen LogP contribution in [0.15, 0.2) is 82.0 Å². The van der Waals surface area contributed by atoms with Crippen LogP contribution in [0.3, 0.4) is 0 Å². The third-order valence-electron chi connectivity index (χ3n) is 3.36. The Hall–Kier alpha value is -3.18. The molecule has 25 heavy (non-hydrogen) atoms. The van der Waals surface area contributed by atoms with Crippen molar-refractivity contribution in [3.8, 4) is 5.75 Å². The van der Waals surface area contributed by atoms with E-state index in [0.717, 1.165) is 0 Å². The summed E-state index contributed by atoms with van der Waals surface area (Å²) in [5.41, 5.74) is 8.73. The molecular formula is C19H15ClN4O. The van der Waals surface area contributed by atoms with Gasteiger partial charge in [-0.3, -0.25) is 4.99 Å². The van der Waals surface area contributed by atoms with E-state index in [4.69, 9.17) is 17.3 Å². The minimum Gasteiger partial charge on any atom is -0.507 e. The van der Waals surface area contributed by atoms with E-state index in [0.29, 0.717) is 33.3 Å². The maximum Gasteiger partial charge on any atom is 0.124 e. The van der Waals surface area contributed by atoms with Gasteiger partial charge >= 0.3 is 0 Å². The first kappa shape index (κ1) is 16.7. The summed E-state index contributed by atoms with van der Waals surface area (Å²) >= 11 is 6.05. The summed E-state index contributed by atoms with van der Waals surface area (Å²) in [6.45, 7) is 0. The number of phenols is 1. The topological polar surface area (TPSA) is 83.3 Å². The van der Waals surface area contributed by atoms with Crippen LogP contribution in [-0.2, 0) is 0 Å². The quantitative estimate of drug-likeness (QED) is 0.354. The van der Waals surface area contributed by atoms with Gasteiger partial charge in [0.15, 0.2) is 0 Å². The molecule has 0 heterocycles. The molecule has 0 aromatic heterocycles. The average molecular weight is 351 g/mol. The molecule has 0 bridgehead atoms. The molecule has 3 rings (SSSR count). The fourth-order valence-electron chi connectivity index (χ4n) is 2.10. The molecule has 3 N–H and O–H groups in total. The molecule has 3 aromatic carbocycles. The third-order valence-corrected chi connectivity index (χ3v) is 3.68. The van der Waals surface area contributed by atoms with Crippen LogP contribution in [0.25, 0.3) is 0 Å². The van der Waals surface area contributed by atoms with Crippen molar-refractivity contribution in [2.24, 2.45) is 15.2 Å². The number of hydrogen-bond acceptors (Lipinski definition) is 5. The van der Waals surface area contributed by atoms with Crippen LogP contribution >= 0.6 is 11.6 Å². The van der Waals surface area contributed by atoms with Gasteiger partial charge in [-0.25, -0.2) is 0 Å². The monoisotopic (exact) mass is 350 g/mol. The molecule has 0 aliphatic heterocycles. The van der Waals surface area contributed by atoms with Crippen molar-refractivity contribution in [3.63, 3.8) is 0 Å². The average Bonchev–Trinajstić information content (AvgIpc) is 2.61. The number of nitrogens with two attached hydrogens (primary N) is 1. The van der Waals surface area contributed by atoms with E-state index >= 15 is 0 Å². The van der Waals surface area contributed by atoms with Crippen molar-refractivity contribution in [2.75, 3.05) is 5.73 Å². The summed E-state index contributed by atoms with van der Waals surface area (Å²) in [6, 6.07) is 19.2. The summed E-state index contributed by atoms with van der Waals surface area (Å²) in [4.78, 5) is 4.31. The number of benzene rings is 3. The second-order valence-corrected chi connectivity index (χ2v) is 5.65. The maximum absolute atomic E-state index is 9.99. The highest BCUT2D eigenvalue weighted by Gasteiger charge is 2.01. The molecular weight excluding hydrogens is 336 g/mol. The molecule has 0 unspecified atom stereocenters. The Kier molecular flexibility index (Phi) is 5.06. The molecule has 5 nitrogen and oxygen atoms in total. The summed E-state index contributed by atoms with van der Waals surface area (Å²) in [6.07, 6.45) is 1.55. The van der Waals surface area contributed by atoms with Gasteiger partial charge in [-0.2, -0.15) is 5.11 Å². The zero-order valence-electron chi connectivity index (χ0n) is 13.2. The lowest BCUT2D eigenvalue weighted by Crippen LogP contribution is -1.84. The number of rotatable bonds is 4. The van der Waals surface area contributed by atoms with Gasteiger partial charge in [-0.1, -0.05) is 29.8 Å². The highest BCUT2D eigenvalue weighted by molar-refractivity contribution is 6.32. The second kappa shape index (κ2) is 7.59. The lowest BCUT2D eigenvalue weighted by Gasteiger charge is -2.01. The first-order valence-corrected chi connectivity index (χ1v) is 7.88. The zero-order valence-corrected chi connectivity index (χ0v) is 13.9. The predicted octanol–water partition coefficient (Wildman–Crippen LogP) is 5.79. The van der Waals surface area contributed by atoms with Gasteiger partial charge in [0.1, 0.15) is 11.4 Å². The highest BCUT2D eigenvalue weighted by atomic mass is 35.5. The van der Waals surface area contributed by atoms with Gasteiger partial charge in [0.05, 0.1) is 16.4 Å². The number of hydrogen-bond donors (Lipinski definition) is 2. The molecule has 124 valence electrons. The number of aromatic hydroxyl groups is 1. The van der Waals surface area contributed by atoms with Crippen molar-refractivity contribution in [3.05, 3.63) is 77.3 Å². The fourth-order valence-corrected chi connectivity index (χ4v) is 2.27. The Balaban J connectivity index is 1.84. The number of nitrogen functional groups attached to an aromatic ring is 1. The number of azo groups is 1.